The van der Waals surface area contributed by atoms with E-state index in [4.69, 9.17) is 4.74 Å². The maximum Gasteiger partial charge on any atom is 0.123 e. The molecule has 1 aromatic carbocycles. The first-order chi connectivity index (χ1) is 8.11. The summed E-state index contributed by atoms with van der Waals surface area (Å²) >= 11 is 0. The third kappa shape index (κ3) is 2.67. The van der Waals surface area contributed by atoms with Crippen molar-refractivity contribution in [3.63, 3.8) is 0 Å². The van der Waals surface area contributed by atoms with Gasteiger partial charge in [-0.1, -0.05) is 26.0 Å². The van der Waals surface area contributed by atoms with Crippen molar-refractivity contribution in [2.24, 2.45) is 5.92 Å². The highest BCUT2D eigenvalue weighted by atomic mass is 19.1. The van der Waals surface area contributed by atoms with Crippen LogP contribution >= 0.6 is 0 Å². The van der Waals surface area contributed by atoms with Crippen LogP contribution in [-0.2, 0) is 4.74 Å². The molecule has 1 aliphatic heterocycles. The largest absolute Gasteiger partial charge is 0.380 e. The van der Waals surface area contributed by atoms with E-state index in [-0.39, 0.29) is 18.0 Å². The second-order valence-electron chi connectivity index (χ2n) is 5.05. The monoisotopic (exact) mass is 237 g/mol. The molecule has 2 rings (SSSR count). The Labute approximate surface area is 102 Å². The lowest BCUT2D eigenvalue weighted by Gasteiger charge is -2.21. The van der Waals surface area contributed by atoms with Gasteiger partial charge in [0.15, 0.2) is 0 Å². The molecule has 0 radical (unpaired) electrons. The van der Waals surface area contributed by atoms with Gasteiger partial charge in [0.05, 0.1) is 6.10 Å². The van der Waals surface area contributed by atoms with Crippen LogP contribution in [0.5, 0.6) is 0 Å². The molecular formula is C14H20FNO. The SMILES string of the molecule is CO[C@H]1C[C@@H](c2cccc(F)c2)NC1C(C)C. The molecule has 2 nitrogen and oxygen atoms in total. The van der Waals surface area contributed by atoms with Crippen molar-refractivity contribution in [3.05, 3.63) is 35.6 Å². The van der Waals surface area contributed by atoms with E-state index >= 15 is 0 Å². The van der Waals surface area contributed by atoms with Gasteiger partial charge in [0.25, 0.3) is 0 Å². The van der Waals surface area contributed by atoms with Crippen molar-refractivity contribution < 1.29 is 9.13 Å². The normalized spacial score (nSPS) is 28.9. The fourth-order valence-electron chi connectivity index (χ4n) is 2.61. The molecular weight excluding hydrogens is 217 g/mol. The summed E-state index contributed by atoms with van der Waals surface area (Å²) in [5, 5.41) is 3.54. The van der Waals surface area contributed by atoms with E-state index in [1.54, 1.807) is 19.2 Å². The van der Waals surface area contributed by atoms with E-state index in [1.165, 1.54) is 6.07 Å². The molecule has 0 spiro atoms. The number of nitrogens with one attached hydrogen (secondary N) is 1. The zero-order valence-electron chi connectivity index (χ0n) is 10.6. The van der Waals surface area contributed by atoms with Gasteiger partial charge < -0.3 is 10.1 Å². The second kappa shape index (κ2) is 5.15. The van der Waals surface area contributed by atoms with Crippen molar-refractivity contribution in [1.29, 1.82) is 0 Å². The summed E-state index contributed by atoms with van der Waals surface area (Å²) < 4.78 is 18.7. The Morgan fingerprint density at radius 1 is 1.41 bits per heavy atom. The molecule has 0 aliphatic carbocycles. The van der Waals surface area contributed by atoms with Crippen LogP contribution in [0.1, 0.15) is 31.9 Å². The Morgan fingerprint density at radius 3 is 2.71 bits per heavy atom. The molecule has 0 amide bonds. The van der Waals surface area contributed by atoms with E-state index in [9.17, 15) is 4.39 Å². The molecule has 1 saturated heterocycles. The minimum Gasteiger partial charge on any atom is -0.380 e. The number of benzene rings is 1. The summed E-state index contributed by atoms with van der Waals surface area (Å²) in [6, 6.07) is 7.35. The van der Waals surface area contributed by atoms with Crippen molar-refractivity contribution in [2.45, 2.75) is 38.5 Å². The predicted octanol–water partition coefficient (Wildman–Crippen LogP) is 2.90. The van der Waals surface area contributed by atoms with Gasteiger partial charge in [0, 0.05) is 19.2 Å². The Balaban J connectivity index is 2.15. The highest BCUT2D eigenvalue weighted by Crippen LogP contribution is 2.31. The van der Waals surface area contributed by atoms with Crippen LogP contribution < -0.4 is 5.32 Å². The van der Waals surface area contributed by atoms with Crippen molar-refractivity contribution >= 4 is 0 Å². The van der Waals surface area contributed by atoms with Crippen molar-refractivity contribution in [2.75, 3.05) is 7.11 Å². The number of halogens is 1. The Kier molecular flexibility index (Phi) is 3.79. The molecule has 3 heteroatoms. The lowest BCUT2D eigenvalue weighted by Crippen LogP contribution is -2.36. The Hall–Kier alpha value is -0.930. The number of ether oxygens (including phenoxy) is 1. The molecule has 1 aliphatic rings. The van der Waals surface area contributed by atoms with Gasteiger partial charge in [-0.15, -0.1) is 0 Å². The zero-order valence-corrected chi connectivity index (χ0v) is 10.6. The molecule has 0 bridgehead atoms. The van der Waals surface area contributed by atoms with Crippen molar-refractivity contribution in [3.8, 4) is 0 Å². The van der Waals surface area contributed by atoms with Gasteiger partial charge in [0.1, 0.15) is 5.82 Å². The highest BCUT2D eigenvalue weighted by Gasteiger charge is 2.36. The van der Waals surface area contributed by atoms with Crippen LogP contribution in [-0.4, -0.2) is 19.3 Å². The summed E-state index contributed by atoms with van der Waals surface area (Å²) in [7, 11) is 1.75. The maximum atomic E-state index is 13.2. The van der Waals surface area contributed by atoms with Gasteiger partial charge in [0.2, 0.25) is 0 Å². The quantitative estimate of drug-likeness (QED) is 0.872. The molecule has 1 fully saturated rings. The zero-order chi connectivity index (χ0) is 12.4. The van der Waals surface area contributed by atoms with Crippen LogP contribution in [0.2, 0.25) is 0 Å². The smallest absolute Gasteiger partial charge is 0.123 e. The molecule has 0 saturated carbocycles. The van der Waals surface area contributed by atoms with Crippen LogP contribution in [0.4, 0.5) is 4.39 Å². The van der Waals surface area contributed by atoms with Gasteiger partial charge in [-0.3, -0.25) is 0 Å². The van der Waals surface area contributed by atoms with Crippen LogP contribution in [0.3, 0.4) is 0 Å². The van der Waals surface area contributed by atoms with E-state index < -0.39 is 0 Å². The molecule has 3 atom stereocenters. The number of hydrogen-bond donors (Lipinski definition) is 1. The number of methoxy groups -OCH3 is 1. The van der Waals surface area contributed by atoms with E-state index in [0.717, 1.165) is 12.0 Å². The molecule has 17 heavy (non-hydrogen) atoms. The van der Waals surface area contributed by atoms with E-state index in [1.807, 2.05) is 6.07 Å². The summed E-state index contributed by atoms with van der Waals surface area (Å²) in [5.41, 5.74) is 1.01. The predicted molar refractivity (Wildman–Crippen MR) is 66.3 cm³/mol. The lowest BCUT2D eigenvalue weighted by molar-refractivity contribution is 0.0779. The molecule has 1 N–H and O–H groups in total. The topological polar surface area (TPSA) is 21.3 Å². The number of hydrogen-bond acceptors (Lipinski definition) is 2. The maximum absolute atomic E-state index is 13.2. The summed E-state index contributed by atoms with van der Waals surface area (Å²) in [6.45, 7) is 4.36. The minimum absolute atomic E-state index is 0.175. The lowest BCUT2D eigenvalue weighted by atomic mass is 9.99. The van der Waals surface area contributed by atoms with Crippen LogP contribution in [0, 0.1) is 11.7 Å². The highest BCUT2D eigenvalue weighted by molar-refractivity contribution is 5.22. The third-order valence-electron chi connectivity index (χ3n) is 3.53. The molecule has 0 aromatic heterocycles. The summed E-state index contributed by atoms with van der Waals surface area (Å²) in [4.78, 5) is 0. The van der Waals surface area contributed by atoms with Gasteiger partial charge >= 0.3 is 0 Å². The first-order valence-corrected chi connectivity index (χ1v) is 6.16. The molecule has 94 valence electrons. The van der Waals surface area contributed by atoms with Crippen molar-refractivity contribution in [1.82, 2.24) is 5.32 Å². The first kappa shape index (κ1) is 12.5. The van der Waals surface area contributed by atoms with E-state index in [2.05, 4.69) is 19.2 Å². The Morgan fingerprint density at radius 2 is 2.18 bits per heavy atom. The average Bonchev–Trinajstić information content (AvgIpc) is 2.73. The first-order valence-electron chi connectivity index (χ1n) is 6.16. The van der Waals surface area contributed by atoms with Gasteiger partial charge in [-0.2, -0.15) is 0 Å². The fraction of sp³-hybridized carbons (Fsp3) is 0.571. The average molecular weight is 237 g/mol. The molecule has 1 unspecified atom stereocenters. The van der Waals surface area contributed by atoms with Crippen LogP contribution in [0.25, 0.3) is 0 Å². The Bertz CT molecular complexity index is 380. The summed E-state index contributed by atoms with van der Waals surface area (Å²) in [6.07, 6.45) is 1.12. The minimum atomic E-state index is -0.175. The second-order valence-corrected chi connectivity index (χ2v) is 5.05. The third-order valence-corrected chi connectivity index (χ3v) is 3.53. The molecule has 1 aromatic rings. The fourth-order valence-corrected chi connectivity index (χ4v) is 2.61. The molecule has 1 heterocycles. The summed E-state index contributed by atoms with van der Waals surface area (Å²) in [5.74, 6) is 0.338. The van der Waals surface area contributed by atoms with Crippen LogP contribution in [0.15, 0.2) is 24.3 Å². The van der Waals surface area contributed by atoms with Gasteiger partial charge in [-0.05, 0) is 30.0 Å². The number of rotatable bonds is 3. The van der Waals surface area contributed by atoms with Gasteiger partial charge in [-0.25, -0.2) is 4.39 Å². The van der Waals surface area contributed by atoms with E-state index in [0.29, 0.717) is 12.0 Å². The standard InChI is InChI=1S/C14H20FNO/c1-9(2)14-13(17-3)8-12(16-14)10-5-4-6-11(15)7-10/h4-7,9,12-14,16H,8H2,1-3H3/t12-,13-,14?/m0/s1.